The number of aliphatic carboxylic acids is 3. The fourth-order valence-corrected chi connectivity index (χ4v) is 10.2. The lowest BCUT2D eigenvalue weighted by molar-refractivity contribution is -0.145. The van der Waals surface area contributed by atoms with Crippen LogP contribution in [0.5, 0.6) is 0 Å². The number of nitrogens with zero attached hydrogens (tertiary/aromatic N) is 1. The second kappa shape index (κ2) is 36.4. The van der Waals surface area contributed by atoms with Crippen LogP contribution in [0.1, 0.15) is 90.2 Å². The highest BCUT2D eigenvalue weighted by molar-refractivity contribution is 7.80. The van der Waals surface area contributed by atoms with Gasteiger partial charge < -0.3 is 89.6 Å². The molecule has 2 aromatic carbocycles. The third kappa shape index (κ3) is 22.6. The zero-order chi connectivity index (χ0) is 66.9. The molecule has 0 spiro atoms. The quantitative estimate of drug-likeness (QED) is 0.0203. The van der Waals surface area contributed by atoms with Crippen molar-refractivity contribution in [1.29, 1.82) is 0 Å². The number of thiol groups is 2. The number of para-hydroxylation sites is 1. The number of amides is 10. The lowest BCUT2D eigenvalue weighted by Gasteiger charge is -2.31. The Morgan fingerprint density at radius 1 is 0.600 bits per heavy atom. The monoisotopic (exact) mass is 1300 g/mol. The Balaban J connectivity index is 1.59. The summed E-state index contributed by atoms with van der Waals surface area (Å²) < 4.78 is 0. The van der Waals surface area contributed by atoms with Crippen molar-refractivity contribution in [1.82, 2.24) is 57.7 Å². The minimum Gasteiger partial charge on any atom is -0.481 e. The van der Waals surface area contributed by atoms with Crippen LogP contribution in [0.2, 0.25) is 0 Å². The molecule has 12 atom stereocenters. The van der Waals surface area contributed by atoms with Crippen LogP contribution < -0.4 is 59.3 Å². The number of carbonyl (C=O) groups is 13. The number of hydrogen-bond donors (Lipinski definition) is 18. The summed E-state index contributed by atoms with van der Waals surface area (Å²) in [5, 5.41) is 62.1. The van der Waals surface area contributed by atoms with Crippen molar-refractivity contribution in [2.45, 2.75) is 164 Å². The fraction of sp³-hybridized carbons (Fsp3) is 0.534. The molecule has 3 aromatic rings. The lowest BCUT2D eigenvalue weighted by atomic mass is 10.0. The number of unbranched alkanes of at least 4 members (excludes halogenated alkanes) is 1. The molecule has 32 heteroatoms. The zero-order valence-corrected chi connectivity index (χ0v) is 52.1. The Labute approximate surface area is 529 Å². The molecule has 10 amide bonds. The Hall–Kier alpha value is -8.33. The number of aliphatic hydroxyl groups is 1. The smallest absolute Gasteiger partial charge is 0.326 e. The van der Waals surface area contributed by atoms with Gasteiger partial charge in [-0.1, -0.05) is 62.4 Å². The van der Waals surface area contributed by atoms with Gasteiger partial charge in [0.15, 0.2) is 0 Å². The SMILES string of the molecule is CC(C)[C@H](NC(=O)[C@H](CS)NC(=O)[C@H](C)NC(=O)[C@H](CCCCN)NC(=O)[C@H](Cc1c[nH]c2ccccc12)NC(=O)[C@H](Cc1ccccc1)NC(=O)[C@H](CS)NC(=O)[C@H](CC(=O)O)NC(=O)[C@H]1CCCN1C(=O)[C@@H](NC(=O)[C@@H](N)CCC(=O)O)[C@@H](C)O)C(=O)O. The normalized spacial score (nSPS) is 16.6. The van der Waals surface area contributed by atoms with Crippen LogP contribution in [0.15, 0.2) is 60.8 Å². The Bertz CT molecular complexity index is 3030. The van der Waals surface area contributed by atoms with Crippen molar-refractivity contribution < 1.29 is 82.8 Å². The van der Waals surface area contributed by atoms with E-state index in [1.165, 1.54) is 13.8 Å². The van der Waals surface area contributed by atoms with Gasteiger partial charge in [-0.05, 0) is 82.0 Å². The number of benzene rings is 2. The van der Waals surface area contributed by atoms with E-state index in [-0.39, 0.29) is 57.4 Å². The first kappa shape index (κ1) is 74.1. The molecular weight excluding hydrogens is 1210 g/mol. The number of hydrogen-bond acceptors (Lipinski definition) is 18. The standard InChI is InChI=1S/C58H83N13O17S2/c1-29(2)46(58(87)88)69-55(84)42(28-90)67-48(77)30(3)62-50(79)37(17-10-11-21-59)63-52(81)39(24-33-26-61-36-16-9-8-15-34(33)36)65-51(80)38(23-32-13-6-5-7-14-32)64-54(83)41(27-89)68-53(82)40(25-45(75)76)66-56(85)43-18-12-22-71(43)57(86)47(31(4)72)70-49(78)35(60)19-20-44(73)74/h5-9,13-16,26,29-31,35,37-43,46-47,61,72,89-90H,10-12,17-25,27-28,59-60H2,1-4H3,(H,62,79)(H,63,81)(H,64,83)(H,65,80)(H,66,85)(H,67,77)(H,68,82)(H,69,84)(H,70,78)(H,73,74)(H,75,76)(H,87,88)/t30-,31+,35-,37-,38-,39-,40-,41-,42-,43+,46-,47-/m0/s1. The predicted octanol–water partition coefficient (Wildman–Crippen LogP) is -2.90. The maximum absolute atomic E-state index is 14.8. The van der Waals surface area contributed by atoms with Crippen LogP contribution in [0, 0.1) is 5.92 Å². The number of carboxylic acid groups (broad SMARTS) is 3. The second-order valence-electron chi connectivity index (χ2n) is 22.1. The first-order chi connectivity index (χ1) is 42.6. The summed E-state index contributed by atoms with van der Waals surface area (Å²) in [4.78, 5) is 178. The van der Waals surface area contributed by atoms with E-state index in [2.05, 4.69) is 78.1 Å². The fourth-order valence-electron chi connectivity index (χ4n) is 9.66. The van der Waals surface area contributed by atoms with Gasteiger partial charge in [0.2, 0.25) is 59.1 Å². The molecule has 18 N–H and O–H groups in total. The predicted molar refractivity (Wildman–Crippen MR) is 332 cm³/mol. The molecule has 2 heterocycles. The average molecular weight is 1300 g/mol. The molecule has 4 rings (SSSR count). The van der Waals surface area contributed by atoms with E-state index >= 15 is 0 Å². The molecule has 1 saturated heterocycles. The largest absolute Gasteiger partial charge is 0.481 e. The lowest BCUT2D eigenvalue weighted by Crippen LogP contribution is -2.61. The van der Waals surface area contributed by atoms with E-state index in [4.69, 9.17) is 16.6 Å². The van der Waals surface area contributed by atoms with Crippen LogP contribution >= 0.6 is 25.3 Å². The number of H-pyrrole nitrogens is 1. The highest BCUT2D eigenvalue weighted by atomic mass is 32.1. The first-order valence-corrected chi connectivity index (χ1v) is 30.5. The van der Waals surface area contributed by atoms with Gasteiger partial charge in [-0.3, -0.25) is 57.5 Å². The van der Waals surface area contributed by atoms with Crippen LogP contribution in [-0.4, -0.2) is 204 Å². The topological polar surface area (TPSA) is 482 Å². The number of aliphatic hydroxyl groups excluding tert-OH is 1. The van der Waals surface area contributed by atoms with Gasteiger partial charge in [0.1, 0.15) is 60.4 Å². The molecule has 0 bridgehead atoms. The highest BCUT2D eigenvalue weighted by Crippen LogP contribution is 2.22. The second-order valence-corrected chi connectivity index (χ2v) is 22.9. The number of fused-ring (bicyclic) bond motifs is 1. The van der Waals surface area contributed by atoms with Gasteiger partial charge in [0.05, 0.1) is 18.6 Å². The van der Waals surface area contributed by atoms with E-state index < -0.39 is 174 Å². The zero-order valence-electron chi connectivity index (χ0n) is 50.3. The Morgan fingerprint density at radius 3 is 1.71 bits per heavy atom. The molecule has 1 fully saturated rings. The number of aromatic nitrogens is 1. The summed E-state index contributed by atoms with van der Waals surface area (Å²) in [6, 6.07) is -0.741. The minimum atomic E-state index is -1.88. The van der Waals surface area contributed by atoms with Crippen molar-refractivity contribution >= 4 is 113 Å². The number of rotatable bonds is 37. The van der Waals surface area contributed by atoms with Crippen LogP contribution in [0.25, 0.3) is 10.9 Å². The van der Waals surface area contributed by atoms with Crippen molar-refractivity contribution in [3.05, 3.63) is 71.9 Å². The molecular formula is C58H83N13O17S2. The van der Waals surface area contributed by atoms with Crippen molar-refractivity contribution in [2.75, 3.05) is 24.6 Å². The first-order valence-electron chi connectivity index (χ1n) is 29.2. The number of nitrogens with one attached hydrogen (secondary N) is 10. The van der Waals surface area contributed by atoms with Crippen LogP contribution in [0.4, 0.5) is 0 Å². The highest BCUT2D eigenvalue weighted by Gasteiger charge is 2.42. The van der Waals surface area contributed by atoms with E-state index in [0.717, 1.165) is 4.90 Å². The van der Waals surface area contributed by atoms with E-state index in [9.17, 15) is 77.6 Å². The van der Waals surface area contributed by atoms with Gasteiger partial charge in [0, 0.05) is 54.4 Å². The third-order valence-corrected chi connectivity index (χ3v) is 15.5. The van der Waals surface area contributed by atoms with E-state index in [1.807, 2.05) is 0 Å². The molecule has 0 saturated carbocycles. The molecule has 494 valence electrons. The molecule has 1 aromatic heterocycles. The number of aromatic amines is 1. The molecule has 1 aliphatic heterocycles. The number of likely N-dealkylation sites (tertiary alicyclic amines) is 1. The molecule has 0 radical (unpaired) electrons. The summed E-state index contributed by atoms with van der Waals surface area (Å²) in [7, 11) is 0. The van der Waals surface area contributed by atoms with E-state index in [0.29, 0.717) is 34.9 Å². The van der Waals surface area contributed by atoms with Crippen LogP contribution in [0.3, 0.4) is 0 Å². The average Bonchev–Trinajstić information content (AvgIpc) is 1.94. The maximum Gasteiger partial charge on any atom is 0.326 e. The maximum atomic E-state index is 14.8. The molecule has 0 aliphatic carbocycles. The van der Waals surface area contributed by atoms with Gasteiger partial charge >= 0.3 is 17.9 Å². The molecule has 0 unspecified atom stereocenters. The molecule has 1 aliphatic rings. The van der Waals surface area contributed by atoms with Crippen molar-refractivity contribution in [3.8, 4) is 0 Å². The van der Waals surface area contributed by atoms with Crippen molar-refractivity contribution in [2.24, 2.45) is 17.4 Å². The molecule has 90 heavy (non-hydrogen) atoms. The van der Waals surface area contributed by atoms with Gasteiger partial charge in [-0.15, -0.1) is 0 Å². The Morgan fingerprint density at radius 2 is 1.13 bits per heavy atom. The third-order valence-electron chi connectivity index (χ3n) is 14.7. The number of carboxylic acids is 3. The summed E-state index contributed by atoms with van der Waals surface area (Å²) in [6.45, 7) is 5.82. The van der Waals surface area contributed by atoms with Crippen LogP contribution in [-0.2, 0) is 75.2 Å². The van der Waals surface area contributed by atoms with Crippen molar-refractivity contribution in [3.63, 3.8) is 0 Å². The van der Waals surface area contributed by atoms with Gasteiger partial charge in [-0.2, -0.15) is 25.3 Å². The van der Waals surface area contributed by atoms with Gasteiger partial charge in [-0.25, -0.2) is 4.79 Å². The molecule has 30 nitrogen and oxygen atoms in total. The number of carbonyl (C=O) groups excluding carboxylic acids is 10. The minimum absolute atomic E-state index is 0.000638. The summed E-state index contributed by atoms with van der Waals surface area (Å²) in [5.74, 6) is -14.7. The van der Waals surface area contributed by atoms with E-state index in [1.54, 1.807) is 74.6 Å². The Kier molecular flexibility index (Phi) is 30.0. The van der Waals surface area contributed by atoms with Gasteiger partial charge in [0.25, 0.3) is 0 Å². The summed E-state index contributed by atoms with van der Waals surface area (Å²) >= 11 is 8.42. The number of nitrogens with two attached hydrogens (primary N) is 2. The summed E-state index contributed by atoms with van der Waals surface area (Å²) in [6.07, 6.45) is -1.18. The summed E-state index contributed by atoms with van der Waals surface area (Å²) in [5.41, 5.74) is 13.3.